The van der Waals surface area contributed by atoms with E-state index >= 15 is 0 Å². The molecule has 0 aliphatic carbocycles. The lowest BCUT2D eigenvalue weighted by molar-refractivity contribution is -0.141. The normalized spacial score (nSPS) is 12.0. The Labute approximate surface area is 122 Å². The molecule has 2 aromatic rings. The van der Waals surface area contributed by atoms with Crippen LogP contribution in [0.1, 0.15) is 36.8 Å². The van der Waals surface area contributed by atoms with E-state index < -0.39 is 6.10 Å². The summed E-state index contributed by atoms with van der Waals surface area (Å²) in [6.07, 6.45) is 0.749. The van der Waals surface area contributed by atoms with Crippen molar-refractivity contribution in [2.75, 3.05) is 7.11 Å². The summed E-state index contributed by atoms with van der Waals surface area (Å²) in [6, 6.07) is 7.51. The van der Waals surface area contributed by atoms with E-state index in [1.807, 2.05) is 12.1 Å². The number of carbonyl (C=O) groups is 1. The number of H-pyrrole nitrogens is 1. The molecular formula is C15H17N3O3. The zero-order chi connectivity index (χ0) is 15.2. The summed E-state index contributed by atoms with van der Waals surface area (Å²) in [4.78, 5) is 18.6. The largest absolute Gasteiger partial charge is 0.469 e. The van der Waals surface area contributed by atoms with Gasteiger partial charge >= 0.3 is 5.97 Å². The van der Waals surface area contributed by atoms with Crippen LogP contribution in [0.25, 0.3) is 11.0 Å². The summed E-state index contributed by atoms with van der Waals surface area (Å²) in [5.41, 5.74) is 2.34. The lowest BCUT2D eigenvalue weighted by Gasteiger charge is -2.09. The van der Waals surface area contributed by atoms with Crippen LogP contribution in [0.15, 0.2) is 18.2 Å². The van der Waals surface area contributed by atoms with Crippen molar-refractivity contribution in [2.45, 2.75) is 31.8 Å². The molecule has 0 bridgehead atoms. The SMILES string of the molecule is COC(=O)CCC(O)c1ccc2nc(CCC#N)[nH]c2c1. The van der Waals surface area contributed by atoms with Crippen molar-refractivity contribution >= 4 is 17.0 Å². The zero-order valence-electron chi connectivity index (χ0n) is 11.8. The van der Waals surface area contributed by atoms with E-state index in [4.69, 9.17) is 5.26 Å². The number of carbonyl (C=O) groups excluding carboxylic acids is 1. The molecule has 6 nitrogen and oxygen atoms in total. The number of hydrogen-bond donors (Lipinski definition) is 2. The van der Waals surface area contributed by atoms with Gasteiger partial charge in [0.05, 0.1) is 30.3 Å². The third-order valence-electron chi connectivity index (χ3n) is 3.26. The number of methoxy groups -OCH3 is 1. The van der Waals surface area contributed by atoms with Crippen LogP contribution in [0.5, 0.6) is 0 Å². The molecule has 0 saturated carbocycles. The Balaban J connectivity index is 2.10. The summed E-state index contributed by atoms with van der Waals surface area (Å²) in [5.74, 6) is 0.420. The highest BCUT2D eigenvalue weighted by Gasteiger charge is 2.12. The molecule has 0 saturated heterocycles. The van der Waals surface area contributed by atoms with Gasteiger partial charge in [-0.25, -0.2) is 4.98 Å². The van der Waals surface area contributed by atoms with Crippen molar-refractivity contribution in [2.24, 2.45) is 0 Å². The van der Waals surface area contributed by atoms with Crippen molar-refractivity contribution in [3.05, 3.63) is 29.6 Å². The number of nitrogens with one attached hydrogen (secondary N) is 1. The van der Waals surface area contributed by atoms with Gasteiger partial charge in [-0.2, -0.15) is 5.26 Å². The summed E-state index contributed by atoms with van der Waals surface area (Å²) < 4.78 is 4.56. The standard InChI is InChI=1S/C15H17N3O3/c1-21-15(20)7-6-13(19)10-4-5-11-12(9-10)18-14(17-11)3-2-8-16/h4-5,9,13,19H,2-3,6-7H2,1H3,(H,17,18). The first-order valence-electron chi connectivity index (χ1n) is 6.74. The molecule has 1 aromatic carbocycles. The third-order valence-corrected chi connectivity index (χ3v) is 3.26. The highest BCUT2D eigenvalue weighted by Crippen LogP contribution is 2.22. The van der Waals surface area contributed by atoms with E-state index in [9.17, 15) is 9.90 Å². The zero-order valence-corrected chi connectivity index (χ0v) is 11.8. The number of fused-ring (bicyclic) bond motifs is 1. The highest BCUT2D eigenvalue weighted by atomic mass is 16.5. The van der Waals surface area contributed by atoms with Gasteiger partial charge in [-0.15, -0.1) is 0 Å². The Hall–Kier alpha value is -2.39. The number of benzene rings is 1. The second-order valence-corrected chi connectivity index (χ2v) is 4.75. The minimum Gasteiger partial charge on any atom is -0.469 e. The van der Waals surface area contributed by atoms with E-state index in [1.54, 1.807) is 6.07 Å². The number of aliphatic hydroxyl groups is 1. The lowest BCUT2D eigenvalue weighted by atomic mass is 10.0. The number of aromatic nitrogens is 2. The second kappa shape index (κ2) is 6.86. The molecule has 6 heteroatoms. The number of esters is 1. The first kappa shape index (κ1) is 15.0. The second-order valence-electron chi connectivity index (χ2n) is 4.75. The van der Waals surface area contributed by atoms with Crippen LogP contribution >= 0.6 is 0 Å². The minimum atomic E-state index is -0.723. The van der Waals surface area contributed by atoms with Gasteiger partial charge in [-0.1, -0.05) is 6.07 Å². The molecule has 2 N–H and O–H groups in total. The van der Waals surface area contributed by atoms with Gasteiger partial charge < -0.3 is 14.8 Å². The lowest BCUT2D eigenvalue weighted by Crippen LogP contribution is -2.04. The highest BCUT2D eigenvalue weighted by molar-refractivity contribution is 5.76. The number of nitriles is 1. The summed E-state index contributed by atoms with van der Waals surface area (Å²) in [6.45, 7) is 0. The van der Waals surface area contributed by atoms with Gasteiger partial charge in [-0.05, 0) is 24.1 Å². The number of imidazole rings is 1. The van der Waals surface area contributed by atoms with Crippen molar-refractivity contribution < 1.29 is 14.6 Å². The van der Waals surface area contributed by atoms with E-state index in [0.717, 1.165) is 22.4 Å². The summed E-state index contributed by atoms with van der Waals surface area (Å²) >= 11 is 0. The van der Waals surface area contributed by atoms with Crippen LogP contribution in [-0.2, 0) is 16.0 Å². The Kier molecular flexibility index (Phi) is 4.90. The molecule has 21 heavy (non-hydrogen) atoms. The molecule has 0 aliphatic heterocycles. The third kappa shape index (κ3) is 3.80. The molecule has 1 aromatic heterocycles. The summed E-state index contributed by atoms with van der Waals surface area (Å²) in [5, 5.41) is 18.7. The molecule has 0 radical (unpaired) electrons. The number of ether oxygens (including phenoxy) is 1. The minimum absolute atomic E-state index is 0.173. The quantitative estimate of drug-likeness (QED) is 0.792. The fourth-order valence-corrected chi connectivity index (χ4v) is 2.10. The van der Waals surface area contributed by atoms with Gasteiger partial charge in [0.25, 0.3) is 0 Å². The van der Waals surface area contributed by atoms with Crippen LogP contribution < -0.4 is 0 Å². The van der Waals surface area contributed by atoms with E-state index in [2.05, 4.69) is 20.8 Å². The Bertz CT molecular complexity index is 672. The van der Waals surface area contributed by atoms with Gasteiger partial charge in [0.2, 0.25) is 0 Å². The maximum Gasteiger partial charge on any atom is 0.305 e. The van der Waals surface area contributed by atoms with Crippen LogP contribution in [0.3, 0.4) is 0 Å². The molecule has 1 atom stereocenters. The Morgan fingerprint density at radius 2 is 2.38 bits per heavy atom. The first-order chi connectivity index (χ1) is 10.1. The fourth-order valence-electron chi connectivity index (χ4n) is 2.10. The van der Waals surface area contributed by atoms with Gasteiger partial charge in [0.1, 0.15) is 5.82 Å². The Morgan fingerprint density at radius 3 is 3.10 bits per heavy atom. The molecule has 0 spiro atoms. The predicted molar refractivity (Wildman–Crippen MR) is 76.2 cm³/mol. The molecule has 110 valence electrons. The predicted octanol–water partition coefficient (Wildman–Crippen LogP) is 2.01. The molecule has 0 aliphatic rings. The molecule has 2 rings (SSSR count). The number of aliphatic hydroxyl groups excluding tert-OH is 1. The topological polar surface area (TPSA) is 99.0 Å². The molecular weight excluding hydrogens is 270 g/mol. The van der Waals surface area contributed by atoms with Crippen molar-refractivity contribution in [3.8, 4) is 6.07 Å². The molecule has 0 amide bonds. The van der Waals surface area contributed by atoms with Gasteiger partial charge in [0, 0.05) is 19.3 Å². The van der Waals surface area contributed by atoms with Crippen LogP contribution in [-0.4, -0.2) is 28.2 Å². The van der Waals surface area contributed by atoms with Crippen molar-refractivity contribution in [3.63, 3.8) is 0 Å². The maximum absolute atomic E-state index is 11.1. The monoisotopic (exact) mass is 287 g/mol. The van der Waals surface area contributed by atoms with E-state index in [0.29, 0.717) is 19.3 Å². The molecule has 1 heterocycles. The van der Waals surface area contributed by atoms with E-state index in [-0.39, 0.29) is 12.4 Å². The van der Waals surface area contributed by atoms with Gasteiger partial charge in [0.15, 0.2) is 0 Å². The number of aryl methyl sites for hydroxylation is 1. The fraction of sp³-hybridized carbons (Fsp3) is 0.400. The average Bonchev–Trinajstić information content (AvgIpc) is 2.91. The molecule has 1 unspecified atom stereocenters. The van der Waals surface area contributed by atoms with Crippen molar-refractivity contribution in [1.29, 1.82) is 5.26 Å². The van der Waals surface area contributed by atoms with E-state index in [1.165, 1.54) is 7.11 Å². The van der Waals surface area contributed by atoms with Gasteiger partial charge in [-0.3, -0.25) is 4.79 Å². The van der Waals surface area contributed by atoms with Crippen LogP contribution in [0.2, 0.25) is 0 Å². The number of rotatable bonds is 6. The number of hydrogen-bond acceptors (Lipinski definition) is 5. The first-order valence-corrected chi connectivity index (χ1v) is 6.74. The van der Waals surface area contributed by atoms with Crippen molar-refractivity contribution in [1.82, 2.24) is 9.97 Å². The number of aromatic amines is 1. The average molecular weight is 287 g/mol. The number of nitrogens with zero attached hydrogens (tertiary/aromatic N) is 2. The Morgan fingerprint density at radius 1 is 1.57 bits per heavy atom. The summed E-state index contributed by atoms with van der Waals surface area (Å²) in [7, 11) is 1.33. The molecule has 0 fully saturated rings. The smallest absolute Gasteiger partial charge is 0.305 e. The van der Waals surface area contributed by atoms with Crippen LogP contribution in [0, 0.1) is 11.3 Å². The maximum atomic E-state index is 11.1. The van der Waals surface area contributed by atoms with Crippen LogP contribution in [0.4, 0.5) is 0 Å².